The van der Waals surface area contributed by atoms with Gasteiger partial charge in [0.2, 0.25) is 0 Å². The van der Waals surface area contributed by atoms with E-state index in [1.807, 2.05) is 24.3 Å². The van der Waals surface area contributed by atoms with Crippen molar-refractivity contribution in [3.63, 3.8) is 0 Å². The lowest BCUT2D eigenvalue weighted by Crippen LogP contribution is -2.43. The number of hydrogen-bond donors (Lipinski definition) is 2. The van der Waals surface area contributed by atoms with Gasteiger partial charge in [-0.25, -0.2) is 4.79 Å². The molecule has 2 amide bonds. The summed E-state index contributed by atoms with van der Waals surface area (Å²) >= 11 is 5.75. The number of carbonyl (C=O) groups is 3. The van der Waals surface area contributed by atoms with Gasteiger partial charge in [-0.2, -0.15) is 0 Å². The molecule has 0 heterocycles. The fourth-order valence-electron chi connectivity index (χ4n) is 2.45. The van der Waals surface area contributed by atoms with Crippen LogP contribution in [0, 0.1) is 0 Å². The van der Waals surface area contributed by atoms with Crippen molar-refractivity contribution in [3.8, 4) is 0 Å². The van der Waals surface area contributed by atoms with E-state index < -0.39 is 24.4 Å². The minimum Gasteiger partial charge on any atom is -0.452 e. The van der Waals surface area contributed by atoms with Gasteiger partial charge in [0, 0.05) is 10.6 Å². The zero-order valence-corrected chi connectivity index (χ0v) is 14.8. The van der Waals surface area contributed by atoms with E-state index in [1.165, 1.54) is 12.1 Å². The van der Waals surface area contributed by atoms with Crippen LogP contribution in [0.5, 0.6) is 0 Å². The lowest BCUT2D eigenvalue weighted by molar-refractivity contribution is -0.125. The van der Waals surface area contributed by atoms with E-state index >= 15 is 0 Å². The van der Waals surface area contributed by atoms with Gasteiger partial charge in [-0.3, -0.25) is 20.4 Å². The van der Waals surface area contributed by atoms with E-state index in [0.29, 0.717) is 16.1 Å². The Kier molecular flexibility index (Phi) is 5.68. The van der Waals surface area contributed by atoms with Gasteiger partial charge in [0.05, 0.1) is 5.56 Å². The zero-order valence-electron chi connectivity index (χ0n) is 14.1. The summed E-state index contributed by atoms with van der Waals surface area (Å²) in [5.74, 6) is -1.79. The Bertz CT molecular complexity index is 997. The van der Waals surface area contributed by atoms with Crippen molar-refractivity contribution in [2.45, 2.75) is 0 Å². The van der Waals surface area contributed by atoms with Crippen molar-refractivity contribution in [1.29, 1.82) is 0 Å². The normalized spacial score (nSPS) is 10.3. The Hall–Kier alpha value is -3.38. The molecule has 6 nitrogen and oxygen atoms in total. The molecule has 0 unspecified atom stereocenters. The van der Waals surface area contributed by atoms with Crippen molar-refractivity contribution >= 4 is 40.2 Å². The number of fused-ring (bicyclic) bond motifs is 1. The average Bonchev–Trinajstić information content (AvgIpc) is 2.70. The van der Waals surface area contributed by atoms with E-state index in [4.69, 9.17) is 16.3 Å². The first-order chi connectivity index (χ1) is 13.0. The second-order valence-corrected chi connectivity index (χ2v) is 6.05. The monoisotopic (exact) mass is 382 g/mol. The Morgan fingerprint density at radius 1 is 0.852 bits per heavy atom. The number of hydrazine groups is 1. The second-order valence-electron chi connectivity index (χ2n) is 5.61. The molecule has 27 heavy (non-hydrogen) atoms. The first-order valence-corrected chi connectivity index (χ1v) is 8.42. The second kappa shape index (κ2) is 8.33. The lowest BCUT2D eigenvalue weighted by atomic mass is 10.1. The molecule has 0 atom stereocenters. The average molecular weight is 383 g/mol. The van der Waals surface area contributed by atoms with Crippen LogP contribution < -0.4 is 10.9 Å². The number of halogens is 1. The summed E-state index contributed by atoms with van der Waals surface area (Å²) in [6.07, 6.45) is 0. The number of nitrogens with one attached hydrogen (secondary N) is 2. The van der Waals surface area contributed by atoms with Gasteiger partial charge >= 0.3 is 5.97 Å². The maximum absolute atomic E-state index is 12.3. The number of esters is 1. The van der Waals surface area contributed by atoms with Gasteiger partial charge < -0.3 is 4.74 Å². The molecule has 3 aromatic carbocycles. The number of carbonyl (C=O) groups excluding carboxylic acids is 3. The molecule has 0 aliphatic carbocycles. The third kappa shape index (κ3) is 4.62. The highest BCUT2D eigenvalue weighted by Gasteiger charge is 2.14. The van der Waals surface area contributed by atoms with Gasteiger partial charge in [-0.05, 0) is 41.1 Å². The van der Waals surface area contributed by atoms with Gasteiger partial charge in [0.1, 0.15) is 0 Å². The molecule has 3 rings (SSSR count). The molecule has 0 aliphatic rings. The first-order valence-electron chi connectivity index (χ1n) is 8.04. The van der Waals surface area contributed by atoms with Crippen LogP contribution in [0.15, 0.2) is 66.7 Å². The summed E-state index contributed by atoms with van der Waals surface area (Å²) < 4.78 is 5.03. The number of rotatable bonds is 4. The fraction of sp³-hybridized carbons (Fsp3) is 0.0500. The molecule has 2 N–H and O–H groups in total. The Morgan fingerprint density at radius 2 is 1.56 bits per heavy atom. The molecule has 3 aromatic rings. The van der Waals surface area contributed by atoms with E-state index in [0.717, 1.165) is 10.8 Å². The van der Waals surface area contributed by atoms with E-state index in [-0.39, 0.29) is 0 Å². The van der Waals surface area contributed by atoms with Crippen molar-refractivity contribution in [2.75, 3.05) is 6.61 Å². The first kappa shape index (κ1) is 18.4. The Morgan fingerprint density at radius 3 is 2.33 bits per heavy atom. The smallest absolute Gasteiger partial charge is 0.339 e. The lowest BCUT2D eigenvalue weighted by Gasteiger charge is -2.09. The quantitative estimate of drug-likeness (QED) is 0.536. The topological polar surface area (TPSA) is 84.5 Å². The van der Waals surface area contributed by atoms with Crippen molar-refractivity contribution < 1.29 is 19.1 Å². The molecule has 0 saturated heterocycles. The van der Waals surface area contributed by atoms with Crippen LogP contribution in [-0.4, -0.2) is 24.4 Å². The summed E-state index contributed by atoms with van der Waals surface area (Å²) in [6.45, 7) is -0.525. The summed E-state index contributed by atoms with van der Waals surface area (Å²) in [5, 5.41) is 2.13. The molecule has 136 valence electrons. The van der Waals surface area contributed by atoms with Crippen LogP contribution in [0.25, 0.3) is 10.8 Å². The van der Waals surface area contributed by atoms with Crippen molar-refractivity contribution in [2.24, 2.45) is 0 Å². The third-order valence-corrected chi connectivity index (χ3v) is 4.02. The number of amides is 2. The highest BCUT2D eigenvalue weighted by molar-refractivity contribution is 6.30. The molecule has 0 fully saturated rings. The van der Waals surface area contributed by atoms with Crippen molar-refractivity contribution in [3.05, 3.63) is 82.9 Å². The number of ether oxygens (including phenoxy) is 1. The van der Waals surface area contributed by atoms with Crippen LogP contribution in [0.1, 0.15) is 20.7 Å². The molecule has 0 radical (unpaired) electrons. The molecular formula is C20H15ClN2O4. The molecule has 0 aromatic heterocycles. The molecule has 0 saturated carbocycles. The largest absolute Gasteiger partial charge is 0.452 e. The minimum absolute atomic E-state index is 0.326. The Balaban J connectivity index is 1.53. The summed E-state index contributed by atoms with van der Waals surface area (Å²) in [5.41, 5.74) is 5.12. The van der Waals surface area contributed by atoms with Gasteiger partial charge in [-0.15, -0.1) is 0 Å². The zero-order chi connectivity index (χ0) is 19.2. The van der Waals surface area contributed by atoms with E-state index in [1.54, 1.807) is 30.3 Å². The van der Waals surface area contributed by atoms with Gasteiger partial charge in [-0.1, -0.05) is 48.0 Å². The predicted molar refractivity (Wildman–Crippen MR) is 101 cm³/mol. The van der Waals surface area contributed by atoms with Crippen LogP contribution in [0.3, 0.4) is 0 Å². The maximum atomic E-state index is 12.3. The van der Waals surface area contributed by atoms with Crippen LogP contribution >= 0.6 is 11.6 Å². The molecule has 7 heteroatoms. The molecule has 0 spiro atoms. The maximum Gasteiger partial charge on any atom is 0.339 e. The van der Waals surface area contributed by atoms with Gasteiger partial charge in [0.15, 0.2) is 6.61 Å². The van der Waals surface area contributed by atoms with Gasteiger partial charge in [0.25, 0.3) is 11.8 Å². The Labute approximate surface area is 160 Å². The van der Waals surface area contributed by atoms with E-state index in [2.05, 4.69) is 10.9 Å². The summed E-state index contributed by atoms with van der Waals surface area (Å²) in [7, 11) is 0. The molecule has 0 aliphatic heterocycles. The third-order valence-electron chi connectivity index (χ3n) is 3.77. The summed E-state index contributed by atoms with van der Waals surface area (Å²) in [6, 6.07) is 18.8. The summed E-state index contributed by atoms with van der Waals surface area (Å²) in [4.78, 5) is 36.0. The van der Waals surface area contributed by atoms with Crippen LogP contribution in [0.4, 0.5) is 0 Å². The van der Waals surface area contributed by atoms with Crippen LogP contribution in [-0.2, 0) is 9.53 Å². The number of benzene rings is 3. The fourth-order valence-corrected chi connectivity index (χ4v) is 2.57. The predicted octanol–water partition coefficient (Wildman–Crippen LogP) is 3.11. The highest BCUT2D eigenvalue weighted by Crippen LogP contribution is 2.19. The van der Waals surface area contributed by atoms with E-state index in [9.17, 15) is 14.4 Å². The number of hydrogen-bond acceptors (Lipinski definition) is 4. The standard InChI is InChI=1S/C20H15ClN2O4/c21-15-10-8-14(9-11-15)19(25)23-22-18(24)12-27-20(26)17-7-3-5-13-4-1-2-6-16(13)17/h1-11H,12H2,(H,22,24)(H,23,25). The molecule has 0 bridgehead atoms. The minimum atomic E-state index is -0.661. The highest BCUT2D eigenvalue weighted by atomic mass is 35.5. The van der Waals surface area contributed by atoms with Crippen molar-refractivity contribution in [1.82, 2.24) is 10.9 Å². The van der Waals surface area contributed by atoms with Crippen LogP contribution in [0.2, 0.25) is 5.02 Å². The molecular weight excluding hydrogens is 368 g/mol. The SMILES string of the molecule is O=C(COC(=O)c1cccc2ccccc12)NNC(=O)c1ccc(Cl)cc1.